The summed E-state index contributed by atoms with van der Waals surface area (Å²) >= 11 is 4.06. The van der Waals surface area contributed by atoms with Gasteiger partial charge in [0.2, 0.25) is 0 Å². The number of halogens is 1. The van der Waals surface area contributed by atoms with Gasteiger partial charge in [0.1, 0.15) is 5.82 Å². The van der Waals surface area contributed by atoms with E-state index in [1.54, 1.807) is 6.07 Å². The van der Waals surface area contributed by atoms with Crippen LogP contribution in [0.25, 0.3) is 0 Å². The molecule has 3 heteroatoms. The number of likely N-dealkylation sites (N-methyl/N-ethyl adjacent to an activating group) is 1. The summed E-state index contributed by atoms with van der Waals surface area (Å²) < 4.78 is 12.9. The average molecular weight is 211 g/mol. The Balaban J connectivity index is 2.60. The van der Waals surface area contributed by atoms with Gasteiger partial charge in [-0.3, -0.25) is 0 Å². The van der Waals surface area contributed by atoms with Crippen LogP contribution in [0.3, 0.4) is 0 Å². The van der Waals surface area contributed by atoms with E-state index in [9.17, 15) is 4.39 Å². The fraction of sp³-hybridized carbons (Fsp3) is 0.273. The highest BCUT2D eigenvalue weighted by Gasteiger charge is 1.98. The molecular weight excluding hydrogens is 197 g/mol. The molecule has 0 heterocycles. The third-order valence-electron chi connectivity index (χ3n) is 1.90. The first-order chi connectivity index (χ1) is 6.74. The van der Waals surface area contributed by atoms with Gasteiger partial charge < -0.3 is 4.90 Å². The van der Waals surface area contributed by atoms with Crippen LogP contribution in [0.4, 0.5) is 10.1 Å². The van der Waals surface area contributed by atoms with E-state index in [-0.39, 0.29) is 5.82 Å². The van der Waals surface area contributed by atoms with Crippen molar-refractivity contribution < 1.29 is 4.39 Å². The Kier molecular flexibility index (Phi) is 4.53. The molecule has 0 saturated heterocycles. The molecule has 0 saturated carbocycles. The summed E-state index contributed by atoms with van der Waals surface area (Å²) in [6, 6.07) is 6.57. The molecule has 0 spiro atoms. The Hall–Kier alpha value is -0.960. The summed E-state index contributed by atoms with van der Waals surface area (Å²) in [4.78, 5) is 1.98. The van der Waals surface area contributed by atoms with Crippen molar-refractivity contribution in [3.63, 3.8) is 0 Å². The van der Waals surface area contributed by atoms with E-state index in [2.05, 4.69) is 12.6 Å². The van der Waals surface area contributed by atoms with Crippen molar-refractivity contribution in [2.45, 2.75) is 0 Å². The van der Waals surface area contributed by atoms with Crippen molar-refractivity contribution in [2.75, 3.05) is 24.2 Å². The van der Waals surface area contributed by atoms with Crippen LogP contribution in [-0.2, 0) is 0 Å². The fourth-order valence-corrected chi connectivity index (χ4v) is 1.28. The van der Waals surface area contributed by atoms with Gasteiger partial charge in [-0.15, -0.1) is 0 Å². The Morgan fingerprint density at radius 3 is 2.86 bits per heavy atom. The molecule has 0 fully saturated rings. The Morgan fingerprint density at radius 2 is 2.21 bits per heavy atom. The van der Waals surface area contributed by atoms with Gasteiger partial charge in [0.25, 0.3) is 0 Å². The molecule has 0 unspecified atom stereocenters. The summed E-state index contributed by atoms with van der Waals surface area (Å²) in [6.45, 7) is 0.768. The molecule has 0 N–H and O–H groups in total. The van der Waals surface area contributed by atoms with Gasteiger partial charge >= 0.3 is 0 Å². The Labute approximate surface area is 89.6 Å². The summed E-state index contributed by atoms with van der Waals surface area (Å²) in [5.41, 5.74) is 0.883. The first kappa shape index (κ1) is 11.1. The second kappa shape index (κ2) is 5.70. The van der Waals surface area contributed by atoms with E-state index < -0.39 is 0 Å². The molecular formula is C11H14FNS. The minimum absolute atomic E-state index is 0.201. The lowest BCUT2D eigenvalue weighted by Gasteiger charge is -2.16. The highest BCUT2D eigenvalue weighted by Crippen LogP contribution is 2.13. The molecule has 1 nitrogen and oxygen atoms in total. The highest BCUT2D eigenvalue weighted by atomic mass is 32.1. The molecule has 14 heavy (non-hydrogen) atoms. The minimum atomic E-state index is -0.201. The Bertz CT molecular complexity index is 312. The van der Waals surface area contributed by atoms with Crippen molar-refractivity contribution in [1.29, 1.82) is 0 Å². The third kappa shape index (κ3) is 3.42. The van der Waals surface area contributed by atoms with Crippen LogP contribution in [0.1, 0.15) is 0 Å². The summed E-state index contributed by atoms with van der Waals surface area (Å²) in [5, 5.41) is 0. The van der Waals surface area contributed by atoms with Crippen LogP contribution < -0.4 is 4.90 Å². The molecule has 0 aromatic heterocycles. The van der Waals surface area contributed by atoms with Crippen LogP contribution in [0.2, 0.25) is 0 Å². The summed E-state index contributed by atoms with van der Waals surface area (Å²) in [5.74, 6) is 0.532. The number of benzene rings is 1. The number of hydrogen-bond acceptors (Lipinski definition) is 2. The van der Waals surface area contributed by atoms with Crippen LogP contribution in [0, 0.1) is 5.82 Å². The number of thiol groups is 1. The van der Waals surface area contributed by atoms with E-state index in [0.717, 1.165) is 18.0 Å². The lowest BCUT2D eigenvalue weighted by atomic mass is 10.3. The van der Waals surface area contributed by atoms with Gasteiger partial charge in [-0.05, 0) is 18.2 Å². The van der Waals surface area contributed by atoms with Crippen molar-refractivity contribution >= 4 is 18.3 Å². The van der Waals surface area contributed by atoms with Gasteiger partial charge in [0.05, 0.1) is 0 Å². The van der Waals surface area contributed by atoms with Crippen LogP contribution in [-0.4, -0.2) is 19.3 Å². The maximum Gasteiger partial charge on any atom is 0.125 e. The van der Waals surface area contributed by atoms with Crippen molar-refractivity contribution in [3.05, 3.63) is 42.2 Å². The summed E-state index contributed by atoms with van der Waals surface area (Å²) in [7, 11) is 1.93. The lowest BCUT2D eigenvalue weighted by molar-refractivity contribution is 0.627. The SMILES string of the molecule is CN(CC=CCS)c1cccc(F)c1. The predicted molar refractivity (Wildman–Crippen MR) is 62.7 cm³/mol. The van der Waals surface area contributed by atoms with Gasteiger partial charge in [0, 0.05) is 25.0 Å². The Morgan fingerprint density at radius 1 is 1.43 bits per heavy atom. The molecule has 0 bridgehead atoms. The van der Waals surface area contributed by atoms with Crippen molar-refractivity contribution in [2.24, 2.45) is 0 Å². The zero-order valence-electron chi connectivity index (χ0n) is 8.15. The third-order valence-corrected chi connectivity index (χ3v) is 2.11. The van der Waals surface area contributed by atoms with Crippen LogP contribution >= 0.6 is 12.6 Å². The molecule has 0 amide bonds. The van der Waals surface area contributed by atoms with Gasteiger partial charge in [-0.2, -0.15) is 12.6 Å². The molecule has 76 valence electrons. The van der Waals surface area contributed by atoms with Gasteiger partial charge in [-0.1, -0.05) is 18.2 Å². The first-order valence-corrected chi connectivity index (χ1v) is 5.10. The maximum atomic E-state index is 12.9. The molecule has 0 radical (unpaired) electrons. The average Bonchev–Trinajstić information content (AvgIpc) is 2.18. The molecule has 0 aliphatic carbocycles. The number of nitrogens with zero attached hydrogens (tertiary/aromatic N) is 1. The van der Waals surface area contributed by atoms with E-state index in [1.165, 1.54) is 12.1 Å². The standard InChI is InChI=1S/C11H14FNS/c1-13(7-2-3-8-14)11-6-4-5-10(12)9-11/h2-6,9,14H,7-8H2,1H3. The van der Waals surface area contributed by atoms with E-state index in [1.807, 2.05) is 30.2 Å². The second-order valence-electron chi connectivity index (χ2n) is 3.01. The van der Waals surface area contributed by atoms with Crippen LogP contribution in [0.15, 0.2) is 36.4 Å². The van der Waals surface area contributed by atoms with E-state index >= 15 is 0 Å². The highest BCUT2D eigenvalue weighted by molar-refractivity contribution is 7.80. The van der Waals surface area contributed by atoms with Crippen LogP contribution in [0.5, 0.6) is 0 Å². The van der Waals surface area contributed by atoms with Crippen molar-refractivity contribution in [3.8, 4) is 0 Å². The smallest absolute Gasteiger partial charge is 0.125 e. The summed E-state index contributed by atoms with van der Waals surface area (Å²) in [6.07, 6.45) is 3.98. The molecule has 0 aliphatic rings. The lowest BCUT2D eigenvalue weighted by Crippen LogP contribution is -2.16. The predicted octanol–water partition coefficient (Wildman–Crippen LogP) is 2.75. The second-order valence-corrected chi connectivity index (χ2v) is 3.38. The van der Waals surface area contributed by atoms with Gasteiger partial charge in [-0.25, -0.2) is 4.39 Å². The molecule has 0 atom stereocenters. The zero-order valence-corrected chi connectivity index (χ0v) is 9.05. The molecule has 1 aromatic rings. The largest absolute Gasteiger partial charge is 0.371 e. The molecule has 1 aromatic carbocycles. The zero-order chi connectivity index (χ0) is 10.4. The number of anilines is 1. The topological polar surface area (TPSA) is 3.24 Å². The number of rotatable bonds is 4. The molecule has 1 rings (SSSR count). The fourth-order valence-electron chi connectivity index (χ4n) is 1.13. The van der Waals surface area contributed by atoms with E-state index in [0.29, 0.717) is 0 Å². The quantitative estimate of drug-likeness (QED) is 0.592. The number of hydrogen-bond donors (Lipinski definition) is 1. The van der Waals surface area contributed by atoms with Gasteiger partial charge in [0.15, 0.2) is 0 Å². The monoisotopic (exact) mass is 211 g/mol. The van der Waals surface area contributed by atoms with E-state index in [4.69, 9.17) is 0 Å². The maximum absolute atomic E-state index is 12.9. The first-order valence-electron chi connectivity index (χ1n) is 4.46. The minimum Gasteiger partial charge on any atom is -0.371 e. The van der Waals surface area contributed by atoms with Crippen molar-refractivity contribution in [1.82, 2.24) is 0 Å². The normalized spacial score (nSPS) is 10.8. The molecule has 0 aliphatic heterocycles.